The molecule has 29 heavy (non-hydrogen) atoms. The van der Waals surface area contributed by atoms with Crippen LogP contribution in [-0.4, -0.2) is 42.2 Å². The van der Waals surface area contributed by atoms with Crippen LogP contribution >= 0.6 is 44.1 Å². The van der Waals surface area contributed by atoms with Gasteiger partial charge in [-0.15, -0.1) is 0 Å². The molecule has 0 unspecified atom stereocenters. The molecule has 1 aliphatic heterocycles. The first-order valence-electron chi connectivity index (χ1n) is 9.10. The molecule has 0 saturated carbocycles. The predicted octanol–water partition coefficient (Wildman–Crippen LogP) is 5.59. The summed E-state index contributed by atoms with van der Waals surface area (Å²) in [7, 11) is 0. The average Bonchev–Trinajstić information content (AvgIpc) is 2.75. The largest absolute Gasteiger partial charge is 0.420 e. The Kier molecular flexibility index (Phi) is 6.29. The van der Waals surface area contributed by atoms with Gasteiger partial charge < -0.3 is 14.4 Å². The zero-order chi connectivity index (χ0) is 20.4. The highest BCUT2D eigenvalue weighted by Crippen LogP contribution is 2.36. The number of fused-ring (bicyclic) bond motifs is 1. The van der Waals surface area contributed by atoms with Gasteiger partial charge in [0.05, 0.1) is 27.7 Å². The van der Waals surface area contributed by atoms with E-state index >= 15 is 0 Å². The maximum atomic E-state index is 12.9. The molecule has 4 rings (SSSR count). The van der Waals surface area contributed by atoms with E-state index < -0.39 is 5.97 Å². The highest BCUT2D eigenvalue weighted by Gasteiger charge is 2.20. The van der Waals surface area contributed by atoms with Crippen molar-refractivity contribution in [3.05, 3.63) is 74.7 Å². The van der Waals surface area contributed by atoms with Gasteiger partial charge in [0.2, 0.25) is 0 Å². The van der Waals surface area contributed by atoms with Gasteiger partial charge in [-0.25, -0.2) is 4.79 Å². The van der Waals surface area contributed by atoms with E-state index in [4.69, 9.17) is 21.7 Å². The molecular formula is C22H17Br2NO3S. The van der Waals surface area contributed by atoms with E-state index in [1.165, 1.54) is 0 Å². The lowest BCUT2D eigenvalue weighted by molar-refractivity contribution is 0.0692. The third-order valence-electron chi connectivity index (χ3n) is 4.75. The normalized spacial score (nSPS) is 14.1. The van der Waals surface area contributed by atoms with Crippen LogP contribution in [0.2, 0.25) is 0 Å². The van der Waals surface area contributed by atoms with E-state index in [0.29, 0.717) is 33.5 Å². The van der Waals surface area contributed by atoms with Crippen LogP contribution in [0.3, 0.4) is 0 Å². The molecule has 4 nitrogen and oxygen atoms in total. The Bertz CT molecular complexity index is 1070. The van der Waals surface area contributed by atoms with Crippen molar-refractivity contribution in [1.29, 1.82) is 0 Å². The molecule has 7 heteroatoms. The summed E-state index contributed by atoms with van der Waals surface area (Å²) in [6, 6.07) is 17.1. The molecule has 0 aromatic heterocycles. The van der Waals surface area contributed by atoms with Crippen LogP contribution in [0.25, 0.3) is 10.8 Å². The number of ether oxygens (including phenoxy) is 2. The highest BCUT2D eigenvalue weighted by molar-refractivity contribution is 9.11. The minimum atomic E-state index is -0.410. The van der Waals surface area contributed by atoms with Gasteiger partial charge in [0, 0.05) is 18.7 Å². The van der Waals surface area contributed by atoms with Gasteiger partial charge in [0.15, 0.2) is 5.75 Å². The molecule has 0 amide bonds. The van der Waals surface area contributed by atoms with E-state index in [0.717, 1.165) is 34.4 Å². The molecule has 1 aliphatic rings. The molecule has 148 valence electrons. The molecule has 0 radical (unpaired) electrons. The number of esters is 1. The molecule has 0 N–H and O–H groups in total. The Morgan fingerprint density at radius 3 is 2.38 bits per heavy atom. The molecular weight excluding hydrogens is 518 g/mol. The summed E-state index contributed by atoms with van der Waals surface area (Å²) in [6.07, 6.45) is 0. The van der Waals surface area contributed by atoms with Crippen molar-refractivity contribution in [2.75, 3.05) is 26.3 Å². The molecule has 1 saturated heterocycles. The van der Waals surface area contributed by atoms with Gasteiger partial charge in [-0.1, -0.05) is 48.6 Å². The summed E-state index contributed by atoms with van der Waals surface area (Å²) in [5, 5.41) is 1.85. The minimum absolute atomic E-state index is 0.410. The average molecular weight is 535 g/mol. The SMILES string of the molecule is O=C(Oc1c(Br)cc(C(=S)N2CCOCC2)cc1Br)c1cccc2ccccc12. The number of halogens is 2. The summed E-state index contributed by atoms with van der Waals surface area (Å²) in [4.78, 5) is 15.8. The van der Waals surface area contributed by atoms with Gasteiger partial charge in [-0.3, -0.25) is 0 Å². The maximum Gasteiger partial charge on any atom is 0.344 e. The van der Waals surface area contributed by atoms with Crippen LogP contribution in [0.15, 0.2) is 63.5 Å². The van der Waals surface area contributed by atoms with E-state index in [9.17, 15) is 4.79 Å². The Balaban J connectivity index is 1.60. The summed E-state index contributed by atoms with van der Waals surface area (Å²) < 4.78 is 12.4. The number of morpholine rings is 1. The summed E-state index contributed by atoms with van der Waals surface area (Å²) >= 11 is 12.7. The zero-order valence-electron chi connectivity index (χ0n) is 15.4. The predicted molar refractivity (Wildman–Crippen MR) is 125 cm³/mol. The number of carbonyl (C=O) groups is 1. The first-order valence-corrected chi connectivity index (χ1v) is 11.1. The standard InChI is InChI=1S/C22H17Br2NO3S/c23-18-12-15(21(29)25-8-10-27-11-9-25)13-19(24)20(18)28-22(26)17-7-3-5-14-4-1-2-6-16(14)17/h1-7,12-13H,8-11H2. The number of carbonyl (C=O) groups excluding carboxylic acids is 1. The van der Waals surface area contributed by atoms with Crippen molar-refractivity contribution in [2.24, 2.45) is 0 Å². The lowest BCUT2D eigenvalue weighted by atomic mass is 10.0. The van der Waals surface area contributed by atoms with Crippen LogP contribution in [0.4, 0.5) is 0 Å². The molecule has 1 heterocycles. The van der Waals surface area contributed by atoms with Crippen molar-refractivity contribution in [1.82, 2.24) is 4.90 Å². The second-order valence-corrected chi connectivity index (χ2v) is 8.69. The third kappa shape index (κ3) is 4.38. The van der Waals surface area contributed by atoms with Gasteiger partial charge >= 0.3 is 5.97 Å². The maximum absolute atomic E-state index is 12.9. The van der Waals surface area contributed by atoms with E-state index in [-0.39, 0.29) is 0 Å². The van der Waals surface area contributed by atoms with Crippen LogP contribution in [0.1, 0.15) is 15.9 Å². The molecule has 1 fully saturated rings. The Hall–Kier alpha value is -1.80. The van der Waals surface area contributed by atoms with Crippen molar-refractivity contribution in [3.63, 3.8) is 0 Å². The van der Waals surface area contributed by atoms with Gasteiger partial charge in [-0.05, 0) is 60.8 Å². The summed E-state index contributed by atoms with van der Waals surface area (Å²) in [5.74, 6) is 0.0168. The Labute approximate surface area is 191 Å². The minimum Gasteiger partial charge on any atom is -0.420 e. The second-order valence-electron chi connectivity index (χ2n) is 6.59. The van der Waals surface area contributed by atoms with E-state index in [1.54, 1.807) is 6.07 Å². The molecule has 0 aliphatic carbocycles. The molecule has 0 atom stereocenters. The highest BCUT2D eigenvalue weighted by atomic mass is 79.9. The quantitative estimate of drug-likeness (QED) is 0.249. The smallest absolute Gasteiger partial charge is 0.344 e. The first-order chi connectivity index (χ1) is 14.0. The third-order valence-corrected chi connectivity index (χ3v) is 6.42. The van der Waals surface area contributed by atoms with E-state index in [1.807, 2.05) is 48.5 Å². The van der Waals surface area contributed by atoms with Crippen LogP contribution < -0.4 is 4.74 Å². The zero-order valence-corrected chi connectivity index (χ0v) is 19.3. The van der Waals surface area contributed by atoms with Gasteiger partial charge in [0.25, 0.3) is 0 Å². The number of benzene rings is 3. The number of nitrogens with zero attached hydrogens (tertiary/aromatic N) is 1. The summed E-state index contributed by atoms with van der Waals surface area (Å²) in [6.45, 7) is 2.88. The van der Waals surface area contributed by atoms with Crippen LogP contribution in [0, 0.1) is 0 Å². The summed E-state index contributed by atoms with van der Waals surface area (Å²) in [5.41, 5.74) is 1.40. The van der Waals surface area contributed by atoms with Crippen molar-refractivity contribution < 1.29 is 14.3 Å². The lowest BCUT2D eigenvalue weighted by Gasteiger charge is -2.29. The second kappa shape index (κ2) is 8.92. The molecule has 0 spiro atoms. The van der Waals surface area contributed by atoms with Crippen molar-refractivity contribution in [2.45, 2.75) is 0 Å². The van der Waals surface area contributed by atoms with Crippen molar-refractivity contribution >= 4 is 65.8 Å². The number of hydrogen-bond acceptors (Lipinski definition) is 4. The van der Waals surface area contributed by atoms with Crippen LogP contribution in [0.5, 0.6) is 5.75 Å². The Morgan fingerprint density at radius 1 is 1.00 bits per heavy atom. The van der Waals surface area contributed by atoms with Gasteiger partial charge in [-0.2, -0.15) is 0 Å². The fourth-order valence-corrected chi connectivity index (χ4v) is 4.93. The monoisotopic (exact) mass is 533 g/mol. The van der Waals surface area contributed by atoms with Gasteiger partial charge in [0.1, 0.15) is 4.99 Å². The van der Waals surface area contributed by atoms with Crippen LogP contribution in [-0.2, 0) is 4.74 Å². The first kappa shape index (κ1) is 20.5. The molecule has 3 aromatic carbocycles. The molecule has 0 bridgehead atoms. The topological polar surface area (TPSA) is 38.8 Å². The fourth-order valence-electron chi connectivity index (χ4n) is 3.28. The number of thiocarbonyl (C=S) groups is 1. The Morgan fingerprint density at radius 2 is 1.66 bits per heavy atom. The fraction of sp³-hybridized carbons (Fsp3) is 0.182. The number of rotatable bonds is 3. The van der Waals surface area contributed by atoms with Crippen molar-refractivity contribution in [3.8, 4) is 5.75 Å². The lowest BCUT2D eigenvalue weighted by Crippen LogP contribution is -2.40. The number of hydrogen-bond donors (Lipinski definition) is 0. The van der Waals surface area contributed by atoms with E-state index in [2.05, 4.69) is 36.8 Å². The molecule has 3 aromatic rings.